The standard InChI is InChI=1S/C12H13F3N2O2/c13-8-6-7(3-4-10(8)19-12(14)15)17-11(18)9-2-1-5-16-9/h3-4,6,9,12,16H,1-2,5H2,(H,17,18)/t9-/m0/s1. The molecule has 1 heterocycles. The highest BCUT2D eigenvalue weighted by molar-refractivity contribution is 5.95. The molecule has 1 aromatic carbocycles. The smallest absolute Gasteiger partial charge is 0.387 e. The molecule has 1 aromatic rings. The molecule has 1 aliphatic heterocycles. The molecule has 1 saturated heterocycles. The number of halogens is 3. The summed E-state index contributed by atoms with van der Waals surface area (Å²) in [6, 6.07) is 3.03. The highest BCUT2D eigenvalue weighted by Gasteiger charge is 2.22. The third-order valence-electron chi connectivity index (χ3n) is 2.79. The third kappa shape index (κ3) is 3.60. The van der Waals surface area contributed by atoms with E-state index < -0.39 is 18.2 Å². The largest absolute Gasteiger partial charge is 0.432 e. The van der Waals surface area contributed by atoms with Gasteiger partial charge in [0.15, 0.2) is 11.6 Å². The molecule has 0 bridgehead atoms. The Morgan fingerprint density at radius 2 is 2.26 bits per heavy atom. The van der Waals surface area contributed by atoms with Crippen LogP contribution in [0.15, 0.2) is 18.2 Å². The zero-order valence-electron chi connectivity index (χ0n) is 9.96. The van der Waals surface area contributed by atoms with Gasteiger partial charge in [0.2, 0.25) is 5.91 Å². The Labute approximate surface area is 107 Å². The van der Waals surface area contributed by atoms with E-state index in [-0.39, 0.29) is 17.6 Å². The zero-order valence-corrected chi connectivity index (χ0v) is 9.96. The van der Waals surface area contributed by atoms with Gasteiger partial charge in [0.25, 0.3) is 0 Å². The molecule has 1 aliphatic rings. The fraction of sp³-hybridized carbons (Fsp3) is 0.417. The molecule has 0 spiro atoms. The summed E-state index contributed by atoms with van der Waals surface area (Å²) in [5, 5.41) is 5.52. The fourth-order valence-corrected chi connectivity index (χ4v) is 1.91. The minimum absolute atomic E-state index is 0.206. The Bertz CT molecular complexity index is 462. The van der Waals surface area contributed by atoms with E-state index in [0.717, 1.165) is 31.5 Å². The molecule has 0 unspecified atom stereocenters. The van der Waals surface area contributed by atoms with Crippen molar-refractivity contribution in [2.24, 2.45) is 0 Å². The van der Waals surface area contributed by atoms with Crippen LogP contribution in [0.3, 0.4) is 0 Å². The van der Waals surface area contributed by atoms with E-state index in [9.17, 15) is 18.0 Å². The van der Waals surface area contributed by atoms with Crippen LogP contribution in [0, 0.1) is 5.82 Å². The number of nitrogens with one attached hydrogen (secondary N) is 2. The van der Waals surface area contributed by atoms with Crippen molar-refractivity contribution >= 4 is 11.6 Å². The van der Waals surface area contributed by atoms with Crippen molar-refractivity contribution in [2.75, 3.05) is 11.9 Å². The van der Waals surface area contributed by atoms with Gasteiger partial charge in [0.1, 0.15) is 0 Å². The first-order valence-electron chi connectivity index (χ1n) is 5.85. The van der Waals surface area contributed by atoms with E-state index >= 15 is 0 Å². The molecule has 4 nitrogen and oxygen atoms in total. The normalized spacial score (nSPS) is 18.6. The number of anilines is 1. The number of benzene rings is 1. The Kier molecular flexibility index (Phi) is 4.26. The van der Waals surface area contributed by atoms with Gasteiger partial charge in [-0.05, 0) is 31.5 Å². The molecule has 0 aliphatic carbocycles. The van der Waals surface area contributed by atoms with Gasteiger partial charge in [0.05, 0.1) is 6.04 Å². The maximum absolute atomic E-state index is 13.4. The average Bonchev–Trinajstić information content (AvgIpc) is 2.86. The first-order chi connectivity index (χ1) is 9.06. The van der Waals surface area contributed by atoms with Crippen LogP contribution in [-0.4, -0.2) is 25.1 Å². The van der Waals surface area contributed by atoms with E-state index in [0.29, 0.717) is 0 Å². The van der Waals surface area contributed by atoms with Crippen molar-refractivity contribution in [3.63, 3.8) is 0 Å². The molecule has 104 valence electrons. The van der Waals surface area contributed by atoms with Crippen LogP contribution >= 0.6 is 0 Å². The summed E-state index contributed by atoms with van der Waals surface area (Å²) >= 11 is 0. The summed E-state index contributed by atoms with van der Waals surface area (Å²) in [7, 11) is 0. The Morgan fingerprint density at radius 1 is 1.47 bits per heavy atom. The Morgan fingerprint density at radius 3 is 2.84 bits per heavy atom. The molecule has 0 aromatic heterocycles. The summed E-state index contributed by atoms with van der Waals surface area (Å²) in [5.41, 5.74) is 0.206. The number of hydrogen-bond donors (Lipinski definition) is 2. The predicted molar refractivity (Wildman–Crippen MR) is 62.7 cm³/mol. The lowest BCUT2D eigenvalue weighted by Gasteiger charge is -2.12. The van der Waals surface area contributed by atoms with E-state index in [1.807, 2.05) is 0 Å². The van der Waals surface area contributed by atoms with Crippen molar-refractivity contribution in [1.29, 1.82) is 0 Å². The summed E-state index contributed by atoms with van der Waals surface area (Å²) in [6.45, 7) is -2.31. The molecular formula is C12H13F3N2O2. The average molecular weight is 274 g/mol. The van der Waals surface area contributed by atoms with E-state index in [4.69, 9.17) is 0 Å². The molecule has 1 fully saturated rings. The summed E-state index contributed by atoms with van der Waals surface area (Å²) in [4.78, 5) is 11.7. The highest BCUT2D eigenvalue weighted by Crippen LogP contribution is 2.23. The van der Waals surface area contributed by atoms with Crippen LogP contribution in [0.2, 0.25) is 0 Å². The van der Waals surface area contributed by atoms with Crippen molar-refractivity contribution < 1.29 is 22.7 Å². The minimum Gasteiger partial charge on any atom is -0.432 e. The van der Waals surface area contributed by atoms with Gasteiger partial charge in [-0.1, -0.05) is 0 Å². The Balaban J connectivity index is 2.01. The SMILES string of the molecule is O=C(Nc1ccc(OC(F)F)c(F)c1)[C@@H]1CCCN1. The number of rotatable bonds is 4. The molecule has 2 N–H and O–H groups in total. The van der Waals surface area contributed by atoms with Crippen molar-refractivity contribution in [1.82, 2.24) is 5.32 Å². The lowest BCUT2D eigenvalue weighted by molar-refractivity contribution is -0.117. The number of hydrogen-bond acceptors (Lipinski definition) is 3. The van der Waals surface area contributed by atoms with Crippen LogP contribution < -0.4 is 15.4 Å². The summed E-state index contributed by atoms with van der Waals surface area (Å²) in [6.07, 6.45) is 1.63. The van der Waals surface area contributed by atoms with Gasteiger partial charge in [-0.3, -0.25) is 4.79 Å². The van der Waals surface area contributed by atoms with Crippen molar-refractivity contribution in [3.8, 4) is 5.75 Å². The van der Waals surface area contributed by atoms with Crippen LogP contribution in [0.4, 0.5) is 18.9 Å². The second-order valence-corrected chi connectivity index (χ2v) is 4.16. The maximum Gasteiger partial charge on any atom is 0.387 e. The topological polar surface area (TPSA) is 50.4 Å². The van der Waals surface area contributed by atoms with E-state index in [1.165, 1.54) is 6.07 Å². The van der Waals surface area contributed by atoms with Gasteiger partial charge < -0.3 is 15.4 Å². The Hall–Kier alpha value is -1.76. The predicted octanol–water partition coefficient (Wildman–Crippen LogP) is 2.12. The molecule has 0 saturated carbocycles. The monoisotopic (exact) mass is 274 g/mol. The number of amides is 1. The summed E-state index contributed by atoms with van der Waals surface area (Å²) < 4.78 is 41.3. The number of ether oxygens (including phenoxy) is 1. The van der Waals surface area contributed by atoms with E-state index in [1.54, 1.807) is 0 Å². The van der Waals surface area contributed by atoms with Crippen LogP contribution in [-0.2, 0) is 4.79 Å². The summed E-state index contributed by atoms with van der Waals surface area (Å²) in [5.74, 6) is -1.76. The molecular weight excluding hydrogens is 261 g/mol. The van der Waals surface area contributed by atoms with Crippen molar-refractivity contribution in [3.05, 3.63) is 24.0 Å². The van der Waals surface area contributed by atoms with Crippen LogP contribution in [0.5, 0.6) is 5.75 Å². The molecule has 19 heavy (non-hydrogen) atoms. The number of carbonyl (C=O) groups excluding carboxylic acids is 1. The molecule has 0 radical (unpaired) electrons. The first-order valence-corrected chi connectivity index (χ1v) is 5.85. The number of alkyl halides is 2. The quantitative estimate of drug-likeness (QED) is 0.884. The van der Waals surface area contributed by atoms with Gasteiger partial charge in [-0.15, -0.1) is 0 Å². The van der Waals surface area contributed by atoms with Gasteiger partial charge in [0, 0.05) is 11.8 Å². The molecule has 2 rings (SSSR count). The highest BCUT2D eigenvalue weighted by atomic mass is 19.3. The van der Waals surface area contributed by atoms with Gasteiger partial charge in [-0.25, -0.2) is 4.39 Å². The minimum atomic E-state index is -3.09. The van der Waals surface area contributed by atoms with E-state index in [2.05, 4.69) is 15.4 Å². The first kappa shape index (κ1) is 13.7. The van der Waals surface area contributed by atoms with Gasteiger partial charge in [-0.2, -0.15) is 8.78 Å². The van der Waals surface area contributed by atoms with Gasteiger partial charge >= 0.3 is 6.61 Å². The van der Waals surface area contributed by atoms with Crippen LogP contribution in [0.1, 0.15) is 12.8 Å². The maximum atomic E-state index is 13.4. The fourth-order valence-electron chi connectivity index (χ4n) is 1.91. The molecule has 7 heteroatoms. The zero-order chi connectivity index (χ0) is 13.8. The third-order valence-corrected chi connectivity index (χ3v) is 2.79. The lowest BCUT2D eigenvalue weighted by Crippen LogP contribution is -2.35. The molecule has 1 atom stereocenters. The molecule has 1 amide bonds. The number of carbonyl (C=O) groups is 1. The lowest BCUT2D eigenvalue weighted by atomic mass is 10.2. The van der Waals surface area contributed by atoms with Crippen molar-refractivity contribution in [2.45, 2.75) is 25.5 Å². The second kappa shape index (κ2) is 5.92. The second-order valence-electron chi connectivity index (χ2n) is 4.16. The van der Waals surface area contributed by atoms with Crippen LogP contribution in [0.25, 0.3) is 0 Å².